The minimum atomic E-state index is -0.446. The van der Waals surface area contributed by atoms with E-state index < -0.39 is 11.9 Å². The molecule has 2 rings (SSSR count). The zero-order valence-electron chi connectivity index (χ0n) is 16.4. The Morgan fingerprint density at radius 3 is 2.11 bits per heavy atom. The van der Waals surface area contributed by atoms with Crippen LogP contribution in [0.15, 0.2) is 36.4 Å². The zero-order valence-corrected chi connectivity index (χ0v) is 17.2. The van der Waals surface area contributed by atoms with Crippen molar-refractivity contribution in [3.05, 3.63) is 63.7 Å². The van der Waals surface area contributed by atoms with Crippen molar-refractivity contribution in [2.45, 2.75) is 40.5 Å². The van der Waals surface area contributed by atoms with E-state index in [2.05, 4.69) is 5.32 Å². The molecule has 0 bridgehead atoms. The second kappa shape index (κ2) is 9.05. The van der Waals surface area contributed by atoms with Crippen LogP contribution in [0, 0.1) is 26.7 Å². The second-order valence-corrected chi connectivity index (χ2v) is 7.64. The fraction of sp³-hybridized carbons (Fsp3) is 0.364. The molecular formula is C22H26ClNO3. The number of ether oxygens (including phenoxy) is 1. The van der Waals surface area contributed by atoms with Gasteiger partial charge in [-0.25, -0.2) is 0 Å². The molecule has 0 aliphatic rings. The van der Waals surface area contributed by atoms with Gasteiger partial charge in [0.2, 0.25) is 0 Å². The molecule has 0 saturated heterocycles. The van der Waals surface area contributed by atoms with Crippen LogP contribution in [0.5, 0.6) is 0 Å². The molecule has 0 unspecified atom stereocenters. The van der Waals surface area contributed by atoms with Crippen molar-refractivity contribution in [3.63, 3.8) is 0 Å². The molecule has 2 aromatic carbocycles. The molecule has 0 radical (unpaired) electrons. The lowest BCUT2D eigenvalue weighted by Crippen LogP contribution is -2.26. The molecule has 27 heavy (non-hydrogen) atoms. The van der Waals surface area contributed by atoms with Gasteiger partial charge >= 0.3 is 5.97 Å². The van der Waals surface area contributed by atoms with Gasteiger partial charge in [0.15, 0.2) is 6.61 Å². The van der Waals surface area contributed by atoms with Gasteiger partial charge in [-0.05, 0) is 55.5 Å². The van der Waals surface area contributed by atoms with Crippen LogP contribution in [0.4, 0.5) is 5.69 Å². The topological polar surface area (TPSA) is 55.4 Å². The van der Waals surface area contributed by atoms with E-state index in [9.17, 15) is 9.59 Å². The molecule has 144 valence electrons. The Hall–Kier alpha value is -2.33. The fourth-order valence-corrected chi connectivity index (χ4v) is 3.37. The Balaban J connectivity index is 2.03. The third-order valence-corrected chi connectivity index (χ3v) is 4.69. The summed E-state index contributed by atoms with van der Waals surface area (Å²) in [6.45, 7) is 9.46. The Kier molecular flexibility index (Phi) is 7.03. The molecule has 2 aromatic rings. The minimum absolute atomic E-state index is 0.0309. The molecule has 0 heterocycles. The number of carbonyl (C=O) groups excluding carboxylic acids is 2. The number of hydrogen-bond acceptors (Lipinski definition) is 3. The number of anilines is 1. The van der Waals surface area contributed by atoms with Gasteiger partial charge in [0.25, 0.3) is 5.91 Å². The van der Waals surface area contributed by atoms with Gasteiger partial charge in [0, 0.05) is 10.7 Å². The van der Waals surface area contributed by atoms with Crippen LogP contribution < -0.4 is 5.32 Å². The first kappa shape index (κ1) is 21.0. The van der Waals surface area contributed by atoms with E-state index in [0.717, 1.165) is 27.9 Å². The summed E-state index contributed by atoms with van der Waals surface area (Å²) in [5.74, 6) is -1.18. The molecule has 4 nitrogen and oxygen atoms in total. The molecule has 1 amide bonds. The van der Waals surface area contributed by atoms with Crippen molar-refractivity contribution < 1.29 is 14.3 Å². The summed E-state index contributed by atoms with van der Waals surface area (Å²) in [6.07, 6.45) is 0. The maximum Gasteiger partial charge on any atom is 0.314 e. The SMILES string of the molecule is Cc1cc(C)c(NC(=O)COC(=O)[C@H](c2ccc(Cl)cc2)C(C)C)c(C)c1. The lowest BCUT2D eigenvalue weighted by atomic mass is 9.88. The van der Waals surface area contributed by atoms with E-state index in [0.29, 0.717) is 5.02 Å². The number of halogens is 1. The molecule has 5 heteroatoms. The average Bonchev–Trinajstić information content (AvgIpc) is 2.58. The third kappa shape index (κ3) is 5.57. The first-order valence-corrected chi connectivity index (χ1v) is 9.36. The Bertz CT molecular complexity index is 805. The van der Waals surface area contributed by atoms with Crippen molar-refractivity contribution in [1.82, 2.24) is 0 Å². The number of esters is 1. The fourth-order valence-electron chi connectivity index (χ4n) is 3.24. The maximum absolute atomic E-state index is 12.6. The molecule has 0 spiro atoms. The van der Waals surface area contributed by atoms with Crippen LogP contribution in [0.1, 0.15) is 42.0 Å². The predicted octanol–water partition coefficient (Wildman–Crippen LogP) is 5.19. The maximum atomic E-state index is 12.6. The minimum Gasteiger partial charge on any atom is -0.455 e. The molecule has 0 fully saturated rings. The van der Waals surface area contributed by atoms with Crippen LogP contribution >= 0.6 is 11.6 Å². The van der Waals surface area contributed by atoms with E-state index in [-0.39, 0.29) is 18.4 Å². The first-order valence-electron chi connectivity index (χ1n) is 8.99. The highest BCUT2D eigenvalue weighted by Gasteiger charge is 2.26. The van der Waals surface area contributed by atoms with Gasteiger partial charge in [0.05, 0.1) is 5.92 Å². The van der Waals surface area contributed by atoms with Crippen LogP contribution in [0.25, 0.3) is 0 Å². The Morgan fingerprint density at radius 1 is 1.04 bits per heavy atom. The van der Waals surface area contributed by atoms with Gasteiger partial charge in [-0.15, -0.1) is 0 Å². The highest BCUT2D eigenvalue weighted by atomic mass is 35.5. The number of hydrogen-bond donors (Lipinski definition) is 1. The molecular weight excluding hydrogens is 362 g/mol. The number of aryl methyl sites for hydroxylation is 3. The van der Waals surface area contributed by atoms with Crippen molar-refractivity contribution in [3.8, 4) is 0 Å². The lowest BCUT2D eigenvalue weighted by molar-refractivity contribution is -0.149. The number of benzene rings is 2. The zero-order chi connectivity index (χ0) is 20.1. The van der Waals surface area contributed by atoms with Crippen molar-refractivity contribution in [2.75, 3.05) is 11.9 Å². The summed E-state index contributed by atoms with van der Waals surface area (Å²) in [4.78, 5) is 24.8. The highest BCUT2D eigenvalue weighted by molar-refractivity contribution is 6.30. The van der Waals surface area contributed by atoms with Crippen LogP contribution in [0.3, 0.4) is 0 Å². The molecule has 1 N–H and O–H groups in total. The van der Waals surface area contributed by atoms with Gasteiger partial charge in [-0.1, -0.05) is 55.3 Å². The van der Waals surface area contributed by atoms with Crippen molar-refractivity contribution in [1.29, 1.82) is 0 Å². The van der Waals surface area contributed by atoms with E-state index in [1.165, 1.54) is 0 Å². The van der Waals surface area contributed by atoms with E-state index in [1.54, 1.807) is 12.1 Å². The smallest absolute Gasteiger partial charge is 0.314 e. The monoisotopic (exact) mass is 387 g/mol. The third-order valence-electron chi connectivity index (χ3n) is 4.44. The summed E-state index contributed by atoms with van der Waals surface area (Å²) in [7, 11) is 0. The van der Waals surface area contributed by atoms with Crippen molar-refractivity contribution in [2.24, 2.45) is 5.92 Å². The van der Waals surface area contributed by atoms with Crippen LogP contribution in [-0.2, 0) is 14.3 Å². The van der Waals surface area contributed by atoms with Gasteiger partial charge in [-0.3, -0.25) is 9.59 Å². The second-order valence-electron chi connectivity index (χ2n) is 7.20. The van der Waals surface area contributed by atoms with E-state index in [4.69, 9.17) is 16.3 Å². The summed E-state index contributed by atoms with van der Waals surface area (Å²) >= 11 is 5.92. The number of carbonyl (C=O) groups is 2. The van der Waals surface area contributed by atoms with Gasteiger partial charge < -0.3 is 10.1 Å². The normalized spacial score (nSPS) is 12.0. The van der Waals surface area contributed by atoms with Gasteiger partial charge in [0.1, 0.15) is 0 Å². The largest absolute Gasteiger partial charge is 0.455 e. The average molecular weight is 388 g/mol. The molecule has 0 aliphatic carbocycles. The molecule has 0 aliphatic heterocycles. The van der Waals surface area contributed by atoms with Crippen LogP contribution in [0.2, 0.25) is 5.02 Å². The standard InChI is InChI=1S/C22H26ClNO3/c1-13(2)20(17-6-8-18(23)9-7-17)22(26)27-12-19(25)24-21-15(4)10-14(3)11-16(21)5/h6-11,13,20H,12H2,1-5H3,(H,24,25)/t20-/m0/s1. The predicted molar refractivity (Wildman–Crippen MR) is 109 cm³/mol. The Morgan fingerprint density at radius 2 is 1.59 bits per heavy atom. The molecule has 1 atom stereocenters. The number of rotatable bonds is 6. The van der Waals surface area contributed by atoms with Gasteiger partial charge in [-0.2, -0.15) is 0 Å². The number of amides is 1. The van der Waals surface area contributed by atoms with E-state index >= 15 is 0 Å². The van der Waals surface area contributed by atoms with Crippen molar-refractivity contribution >= 4 is 29.2 Å². The first-order chi connectivity index (χ1) is 12.7. The lowest BCUT2D eigenvalue weighted by Gasteiger charge is -2.20. The summed E-state index contributed by atoms with van der Waals surface area (Å²) in [5.41, 5.74) is 4.68. The van der Waals surface area contributed by atoms with E-state index in [1.807, 2.05) is 58.9 Å². The summed E-state index contributed by atoms with van der Waals surface area (Å²) in [5, 5.41) is 3.45. The quantitative estimate of drug-likeness (QED) is 0.694. The number of nitrogens with one attached hydrogen (secondary N) is 1. The highest BCUT2D eigenvalue weighted by Crippen LogP contribution is 2.27. The van der Waals surface area contributed by atoms with Crippen LogP contribution in [-0.4, -0.2) is 18.5 Å². The molecule has 0 aromatic heterocycles. The Labute approximate surface area is 165 Å². The summed E-state index contributed by atoms with van der Waals surface area (Å²) < 4.78 is 5.30. The molecule has 0 saturated carbocycles. The summed E-state index contributed by atoms with van der Waals surface area (Å²) in [6, 6.07) is 11.1.